The fourth-order valence-corrected chi connectivity index (χ4v) is 4.09. The van der Waals surface area contributed by atoms with Crippen LogP contribution in [-0.4, -0.2) is 17.5 Å². The highest BCUT2D eigenvalue weighted by molar-refractivity contribution is 14.1. The molecule has 0 spiro atoms. The van der Waals surface area contributed by atoms with E-state index in [1.54, 1.807) is 0 Å². The molecular weight excluding hydrogens is 329 g/mol. The van der Waals surface area contributed by atoms with Crippen molar-refractivity contribution in [3.63, 3.8) is 0 Å². The first-order valence-electron chi connectivity index (χ1n) is 5.68. The Kier molecular flexibility index (Phi) is 4.06. The van der Waals surface area contributed by atoms with E-state index in [2.05, 4.69) is 77.8 Å². The number of nitrogens with one attached hydrogen (secondary N) is 1. The van der Waals surface area contributed by atoms with Gasteiger partial charge in [0.05, 0.1) is 0 Å². The van der Waals surface area contributed by atoms with Gasteiger partial charge in [-0.15, -0.1) is 0 Å². The minimum Gasteiger partial charge on any atom is -0.380 e. The third-order valence-corrected chi connectivity index (χ3v) is 5.32. The highest BCUT2D eigenvalue weighted by atomic mass is 127. The largest absolute Gasteiger partial charge is 0.380 e. The van der Waals surface area contributed by atoms with Crippen molar-refractivity contribution in [3.8, 4) is 0 Å². The fourth-order valence-electron chi connectivity index (χ4n) is 1.94. The van der Waals surface area contributed by atoms with Gasteiger partial charge in [0.15, 0.2) is 0 Å². The second kappa shape index (κ2) is 5.17. The topological polar surface area (TPSA) is 12.0 Å². The van der Waals surface area contributed by atoms with E-state index in [-0.39, 0.29) is 0 Å². The molecule has 1 aliphatic rings. The lowest BCUT2D eigenvalue weighted by Gasteiger charge is -2.39. The molecule has 1 nitrogen and oxygen atoms in total. The quantitative estimate of drug-likeness (QED) is 0.804. The molecule has 0 amide bonds. The van der Waals surface area contributed by atoms with E-state index in [0.29, 0.717) is 11.5 Å². The smallest absolute Gasteiger partial charge is 0.0478 e. The molecule has 0 aromatic heterocycles. The van der Waals surface area contributed by atoms with Crippen LogP contribution in [0.15, 0.2) is 24.3 Å². The van der Waals surface area contributed by atoms with Crippen LogP contribution in [0.2, 0.25) is 0 Å². The molecule has 1 aromatic carbocycles. The Morgan fingerprint density at radius 2 is 2.12 bits per heavy atom. The van der Waals surface area contributed by atoms with Crippen LogP contribution in [-0.2, 0) is 0 Å². The third-order valence-electron chi connectivity index (χ3n) is 3.32. The van der Waals surface area contributed by atoms with Crippen molar-refractivity contribution < 1.29 is 0 Å². The molecule has 16 heavy (non-hydrogen) atoms. The van der Waals surface area contributed by atoms with E-state index in [4.69, 9.17) is 0 Å². The van der Waals surface area contributed by atoms with Gasteiger partial charge in [-0.3, -0.25) is 0 Å². The first-order chi connectivity index (χ1) is 7.59. The van der Waals surface area contributed by atoms with Crippen LogP contribution in [0, 0.1) is 8.99 Å². The average Bonchev–Trinajstić information content (AvgIpc) is 2.24. The summed E-state index contributed by atoms with van der Waals surface area (Å²) in [4.78, 5) is 0. The van der Waals surface area contributed by atoms with Gasteiger partial charge in [-0.1, -0.05) is 26.0 Å². The molecular formula is C13H18INS. The van der Waals surface area contributed by atoms with Crippen molar-refractivity contribution in [1.82, 2.24) is 0 Å². The van der Waals surface area contributed by atoms with Crippen molar-refractivity contribution in [1.29, 1.82) is 0 Å². The van der Waals surface area contributed by atoms with Crippen molar-refractivity contribution in [2.24, 2.45) is 5.41 Å². The number of para-hydroxylation sites is 1. The van der Waals surface area contributed by atoms with Crippen LogP contribution >= 0.6 is 34.4 Å². The highest BCUT2D eigenvalue weighted by Crippen LogP contribution is 2.36. The summed E-state index contributed by atoms with van der Waals surface area (Å²) in [5.41, 5.74) is 1.69. The molecule has 3 heteroatoms. The molecule has 1 saturated heterocycles. The predicted octanol–water partition coefficient (Wildman–Crippen LogP) is 4.23. The number of anilines is 1. The van der Waals surface area contributed by atoms with Gasteiger partial charge in [0.2, 0.25) is 0 Å². The van der Waals surface area contributed by atoms with Gasteiger partial charge in [-0.2, -0.15) is 11.8 Å². The molecule has 0 aliphatic carbocycles. The van der Waals surface area contributed by atoms with Gasteiger partial charge in [0.25, 0.3) is 0 Å². The highest BCUT2D eigenvalue weighted by Gasteiger charge is 2.32. The molecule has 1 atom stereocenters. The lowest BCUT2D eigenvalue weighted by molar-refractivity contribution is 0.305. The van der Waals surface area contributed by atoms with E-state index in [1.807, 2.05) is 0 Å². The lowest BCUT2D eigenvalue weighted by Crippen LogP contribution is -2.41. The van der Waals surface area contributed by atoms with E-state index < -0.39 is 0 Å². The molecule has 1 unspecified atom stereocenters. The fraction of sp³-hybridized carbons (Fsp3) is 0.538. The Hall–Kier alpha value is 0.100. The summed E-state index contributed by atoms with van der Waals surface area (Å²) in [6, 6.07) is 9.12. The minimum atomic E-state index is 0.407. The summed E-state index contributed by atoms with van der Waals surface area (Å²) in [5, 5.41) is 3.71. The molecule has 1 fully saturated rings. The molecule has 2 rings (SSSR count). The molecule has 1 aliphatic heterocycles. The molecule has 88 valence electrons. The third kappa shape index (κ3) is 2.86. The van der Waals surface area contributed by atoms with Crippen LogP contribution < -0.4 is 5.32 Å². The Morgan fingerprint density at radius 3 is 2.81 bits per heavy atom. The summed E-state index contributed by atoms with van der Waals surface area (Å²) < 4.78 is 1.31. The Labute approximate surface area is 116 Å². The van der Waals surface area contributed by atoms with Crippen molar-refractivity contribution >= 4 is 40.0 Å². The first-order valence-corrected chi connectivity index (χ1v) is 7.92. The number of hydrogen-bond acceptors (Lipinski definition) is 2. The Balaban J connectivity index is 2.12. The SMILES string of the molecule is CC1(C)CCSCC1Nc1ccccc1I. The van der Waals surface area contributed by atoms with Crippen LogP contribution in [0.25, 0.3) is 0 Å². The van der Waals surface area contributed by atoms with Gasteiger partial charge in [0.1, 0.15) is 0 Å². The van der Waals surface area contributed by atoms with Crippen LogP contribution in [0.3, 0.4) is 0 Å². The monoisotopic (exact) mass is 347 g/mol. The Morgan fingerprint density at radius 1 is 1.38 bits per heavy atom. The average molecular weight is 347 g/mol. The standard InChI is InChI=1S/C13H18INS/c1-13(2)7-8-16-9-12(13)15-11-6-4-3-5-10(11)14/h3-6,12,15H,7-9H2,1-2H3. The normalized spacial score (nSPS) is 24.1. The molecule has 1 aromatic rings. The summed E-state index contributed by atoms with van der Waals surface area (Å²) >= 11 is 4.46. The minimum absolute atomic E-state index is 0.407. The summed E-state index contributed by atoms with van der Waals surface area (Å²) in [6.07, 6.45) is 1.30. The van der Waals surface area contributed by atoms with Gasteiger partial charge in [-0.25, -0.2) is 0 Å². The van der Waals surface area contributed by atoms with E-state index in [0.717, 1.165) is 0 Å². The zero-order valence-electron chi connectivity index (χ0n) is 9.79. The van der Waals surface area contributed by atoms with E-state index in [9.17, 15) is 0 Å². The molecule has 1 heterocycles. The molecule has 0 radical (unpaired) electrons. The summed E-state index contributed by atoms with van der Waals surface area (Å²) in [6.45, 7) is 4.75. The zero-order chi connectivity index (χ0) is 11.6. The van der Waals surface area contributed by atoms with Crippen LogP contribution in [0.5, 0.6) is 0 Å². The zero-order valence-corrected chi connectivity index (χ0v) is 12.8. The maximum absolute atomic E-state index is 3.71. The van der Waals surface area contributed by atoms with Crippen molar-refractivity contribution in [2.45, 2.75) is 26.3 Å². The van der Waals surface area contributed by atoms with E-state index in [1.165, 1.54) is 27.2 Å². The molecule has 0 saturated carbocycles. The Bertz CT molecular complexity index is 365. The second-order valence-corrected chi connectivity index (χ2v) is 7.30. The van der Waals surface area contributed by atoms with Gasteiger partial charge in [0, 0.05) is 21.1 Å². The number of hydrogen-bond donors (Lipinski definition) is 1. The van der Waals surface area contributed by atoms with Crippen molar-refractivity contribution in [2.75, 3.05) is 16.8 Å². The number of halogens is 1. The second-order valence-electron chi connectivity index (χ2n) is 4.99. The van der Waals surface area contributed by atoms with Gasteiger partial charge >= 0.3 is 0 Å². The number of thioether (sulfide) groups is 1. The maximum atomic E-state index is 3.71. The number of rotatable bonds is 2. The number of benzene rings is 1. The van der Waals surface area contributed by atoms with Crippen LogP contribution in [0.1, 0.15) is 20.3 Å². The molecule has 0 bridgehead atoms. The maximum Gasteiger partial charge on any atom is 0.0478 e. The van der Waals surface area contributed by atoms with Crippen LogP contribution in [0.4, 0.5) is 5.69 Å². The first kappa shape index (κ1) is 12.6. The van der Waals surface area contributed by atoms with Gasteiger partial charge in [-0.05, 0) is 52.3 Å². The van der Waals surface area contributed by atoms with E-state index >= 15 is 0 Å². The van der Waals surface area contributed by atoms with Gasteiger partial charge < -0.3 is 5.32 Å². The molecule has 1 N–H and O–H groups in total. The summed E-state index contributed by atoms with van der Waals surface area (Å²) in [7, 11) is 0. The summed E-state index contributed by atoms with van der Waals surface area (Å²) in [5.74, 6) is 2.52. The predicted molar refractivity (Wildman–Crippen MR) is 82.3 cm³/mol. The lowest BCUT2D eigenvalue weighted by atomic mass is 9.82. The van der Waals surface area contributed by atoms with Crippen molar-refractivity contribution in [3.05, 3.63) is 27.8 Å².